The molecular formula is C14H22BrN. The van der Waals surface area contributed by atoms with E-state index in [0.717, 1.165) is 6.54 Å². The Bertz CT molecular complexity index is 336. The van der Waals surface area contributed by atoms with Crippen LogP contribution < -0.4 is 5.32 Å². The number of hydrogen-bond acceptors (Lipinski definition) is 1. The van der Waals surface area contributed by atoms with Crippen molar-refractivity contribution in [1.82, 2.24) is 5.32 Å². The molecule has 0 heterocycles. The van der Waals surface area contributed by atoms with Crippen molar-refractivity contribution in [3.05, 3.63) is 33.8 Å². The summed E-state index contributed by atoms with van der Waals surface area (Å²) in [5, 5.41) is 3.60. The van der Waals surface area contributed by atoms with Crippen LogP contribution in [0.2, 0.25) is 0 Å². The highest BCUT2D eigenvalue weighted by atomic mass is 79.9. The van der Waals surface area contributed by atoms with Gasteiger partial charge in [0.05, 0.1) is 0 Å². The van der Waals surface area contributed by atoms with E-state index < -0.39 is 0 Å². The largest absolute Gasteiger partial charge is 0.310 e. The maximum Gasteiger partial charge on any atom is 0.0348 e. The minimum atomic E-state index is 0.465. The number of nitrogens with one attached hydrogen (secondary N) is 1. The lowest BCUT2D eigenvalue weighted by molar-refractivity contribution is 0.382. The van der Waals surface area contributed by atoms with Crippen LogP contribution in [0.5, 0.6) is 0 Å². The Balaban J connectivity index is 3.05. The van der Waals surface area contributed by atoms with Crippen LogP contribution in [0.1, 0.15) is 44.4 Å². The molecule has 0 bridgehead atoms. The molecule has 0 radical (unpaired) electrons. The Labute approximate surface area is 108 Å². The number of benzene rings is 1. The van der Waals surface area contributed by atoms with E-state index in [0.29, 0.717) is 12.0 Å². The maximum absolute atomic E-state index is 3.61. The van der Waals surface area contributed by atoms with Crippen LogP contribution in [0.15, 0.2) is 22.7 Å². The molecule has 2 atom stereocenters. The summed E-state index contributed by atoms with van der Waals surface area (Å²) < 4.78 is 1.20. The van der Waals surface area contributed by atoms with Gasteiger partial charge in [0.15, 0.2) is 0 Å². The van der Waals surface area contributed by atoms with Crippen LogP contribution in [0.25, 0.3) is 0 Å². The predicted octanol–water partition coefficient (Wildman–Crippen LogP) is 4.45. The lowest BCUT2D eigenvalue weighted by Crippen LogP contribution is -2.27. The molecule has 0 saturated heterocycles. The molecule has 2 heteroatoms. The first kappa shape index (κ1) is 13.7. The van der Waals surface area contributed by atoms with Gasteiger partial charge in [-0.1, -0.05) is 55.3 Å². The first-order valence-electron chi connectivity index (χ1n) is 6.10. The van der Waals surface area contributed by atoms with Crippen molar-refractivity contribution in [3.63, 3.8) is 0 Å². The van der Waals surface area contributed by atoms with Gasteiger partial charge in [-0.25, -0.2) is 0 Å². The second-order valence-electron chi connectivity index (χ2n) is 4.37. The Kier molecular flexibility index (Phi) is 5.50. The molecule has 16 heavy (non-hydrogen) atoms. The molecule has 1 nitrogen and oxygen atoms in total. The zero-order valence-corrected chi connectivity index (χ0v) is 12.3. The second kappa shape index (κ2) is 6.41. The SMILES string of the molecule is CCNC(c1cccc(Br)c1C)C(C)CC. The highest BCUT2D eigenvalue weighted by Crippen LogP contribution is 2.30. The van der Waals surface area contributed by atoms with E-state index in [9.17, 15) is 0 Å². The molecule has 0 aliphatic carbocycles. The van der Waals surface area contributed by atoms with E-state index in [1.807, 2.05) is 0 Å². The van der Waals surface area contributed by atoms with E-state index >= 15 is 0 Å². The maximum atomic E-state index is 3.61. The van der Waals surface area contributed by atoms with Gasteiger partial charge in [0.25, 0.3) is 0 Å². The zero-order valence-electron chi connectivity index (χ0n) is 10.7. The molecule has 0 spiro atoms. The van der Waals surface area contributed by atoms with Crippen molar-refractivity contribution in [2.45, 2.75) is 40.2 Å². The van der Waals surface area contributed by atoms with E-state index in [-0.39, 0.29) is 0 Å². The average Bonchev–Trinajstić information content (AvgIpc) is 2.29. The standard InChI is InChI=1S/C14H22BrN/c1-5-10(3)14(16-6-2)12-8-7-9-13(15)11(12)4/h7-10,14,16H,5-6H2,1-4H3. The van der Waals surface area contributed by atoms with Crippen LogP contribution in [-0.4, -0.2) is 6.54 Å². The van der Waals surface area contributed by atoms with Crippen LogP contribution in [-0.2, 0) is 0 Å². The van der Waals surface area contributed by atoms with Gasteiger partial charge in [0.2, 0.25) is 0 Å². The summed E-state index contributed by atoms with van der Waals surface area (Å²) in [5.41, 5.74) is 2.78. The predicted molar refractivity (Wildman–Crippen MR) is 74.8 cm³/mol. The van der Waals surface area contributed by atoms with Gasteiger partial charge in [-0.3, -0.25) is 0 Å². The van der Waals surface area contributed by atoms with Crippen molar-refractivity contribution in [2.24, 2.45) is 5.92 Å². The fourth-order valence-corrected chi connectivity index (χ4v) is 2.42. The molecule has 1 aromatic carbocycles. The minimum absolute atomic E-state index is 0.465. The summed E-state index contributed by atoms with van der Waals surface area (Å²) in [7, 11) is 0. The second-order valence-corrected chi connectivity index (χ2v) is 5.23. The van der Waals surface area contributed by atoms with Crippen LogP contribution >= 0.6 is 15.9 Å². The summed E-state index contributed by atoms with van der Waals surface area (Å²) in [6, 6.07) is 6.93. The molecule has 0 aliphatic rings. The van der Waals surface area contributed by atoms with Crippen molar-refractivity contribution in [2.75, 3.05) is 6.54 Å². The Morgan fingerprint density at radius 2 is 2.00 bits per heavy atom. The van der Waals surface area contributed by atoms with Crippen LogP contribution in [0, 0.1) is 12.8 Å². The summed E-state index contributed by atoms with van der Waals surface area (Å²) in [6.07, 6.45) is 1.20. The average molecular weight is 284 g/mol. The first-order chi connectivity index (χ1) is 7.61. The summed E-state index contributed by atoms with van der Waals surface area (Å²) in [5.74, 6) is 0.660. The third kappa shape index (κ3) is 3.08. The van der Waals surface area contributed by atoms with Crippen molar-refractivity contribution < 1.29 is 0 Å². The third-order valence-electron chi connectivity index (χ3n) is 3.28. The molecule has 90 valence electrons. The highest BCUT2D eigenvalue weighted by Gasteiger charge is 2.19. The fourth-order valence-electron chi connectivity index (χ4n) is 2.03. The fraction of sp³-hybridized carbons (Fsp3) is 0.571. The molecule has 2 unspecified atom stereocenters. The van der Waals surface area contributed by atoms with Gasteiger partial charge in [0.1, 0.15) is 0 Å². The van der Waals surface area contributed by atoms with Crippen molar-refractivity contribution in [3.8, 4) is 0 Å². The Hall–Kier alpha value is -0.340. The number of halogens is 1. The lowest BCUT2D eigenvalue weighted by Gasteiger charge is -2.26. The third-order valence-corrected chi connectivity index (χ3v) is 4.14. The number of rotatable bonds is 5. The smallest absolute Gasteiger partial charge is 0.0348 e. The van der Waals surface area contributed by atoms with Crippen molar-refractivity contribution in [1.29, 1.82) is 0 Å². The van der Waals surface area contributed by atoms with Gasteiger partial charge < -0.3 is 5.32 Å². The molecule has 0 amide bonds. The molecule has 0 aromatic heterocycles. The number of hydrogen-bond donors (Lipinski definition) is 1. The van der Waals surface area contributed by atoms with Crippen LogP contribution in [0.4, 0.5) is 0 Å². The van der Waals surface area contributed by atoms with E-state index in [4.69, 9.17) is 0 Å². The Morgan fingerprint density at radius 3 is 2.56 bits per heavy atom. The molecule has 0 saturated carbocycles. The topological polar surface area (TPSA) is 12.0 Å². The highest BCUT2D eigenvalue weighted by molar-refractivity contribution is 9.10. The molecule has 0 aliphatic heterocycles. The van der Waals surface area contributed by atoms with Gasteiger partial charge in [0, 0.05) is 10.5 Å². The molecule has 1 rings (SSSR count). The van der Waals surface area contributed by atoms with E-state index in [2.05, 4.69) is 67.1 Å². The minimum Gasteiger partial charge on any atom is -0.310 e. The van der Waals surface area contributed by atoms with Gasteiger partial charge in [-0.15, -0.1) is 0 Å². The molecule has 1 aromatic rings. The monoisotopic (exact) mass is 283 g/mol. The summed E-state index contributed by atoms with van der Waals surface area (Å²) in [4.78, 5) is 0. The van der Waals surface area contributed by atoms with E-state index in [1.54, 1.807) is 0 Å². The normalized spacial score (nSPS) is 14.8. The Morgan fingerprint density at radius 1 is 1.31 bits per heavy atom. The van der Waals surface area contributed by atoms with E-state index in [1.165, 1.54) is 22.0 Å². The lowest BCUT2D eigenvalue weighted by atomic mass is 9.90. The van der Waals surface area contributed by atoms with Crippen LogP contribution in [0.3, 0.4) is 0 Å². The van der Waals surface area contributed by atoms with Gasteiger partial charge in [-0.2, -0.15) is 0 Å². The van der Waals surface area contributed by atoms with Gasteiger partial charge in [-0.05, 0) is 36.6 Å². The summed E-state index contributed by atoms with van der Waals surface area (Å²) in [6.45, 7) is 9.94. The molecule has 0 fully saturated rings. The quantitative estimate of drug-likeness (QED) is 0.842. The van der Waals surface area contributed by atoms with Crippen molar-refractivity contribution >= 4 is 15.9 Å². The van der Waals surface area contributed by atoms with Gasteiger partial charge >= 0.3 is 0 Å². The molecular weight excluding hydrogens is 262 g/mol. The first-order valence-corrected chi connectivity index (χ1v) is 6.89. The molecule has 1 N–H and O–H groups in total. The zero-order chi connectivity index (χ0) is 12.1. The summed E-state index contributed by atoms with van der Waals surface area (Å²) >= 11 is 3.61.